The van der Waals surface area contributed by atoms with Gasteiger partial charge in [-0.05, 0) is 36.4 Å². The van der Waals surface area contributed by atoms with Crippen molar-refractivity contribution in [3.63, 3.8) is 0 Å². The number of carbonyl (C=O) groups is 3. The minimum atomic E-state index is -5.31. The van der Waals surface area contributed by atoms with Gasteiger partial charge in [0.25, 0.3) is 17.5 Å². The standard InChI is InChI=1S/C17H13F3N4O4/c1-28-12-6-4-11(5-7-12)24-14(26)16(17(18,19)20,23-15(24)27)22-13(25)10-3-2-8-21-9-10/h2-9H,1H3,(H,22,25)(H,23,27)/t16-/m1/s1. The van der Waals surface area contributed by atoms with Gasteiger partial charge in [-0.2, -0.15) is 13.2 Å². The van der Waals surface area contributed by atoms with Crippen molar-refractivity contribution in [3.05, 3.63) is 54.4 Å². The quantitative estimate of drug-likeness (QED) is 0.771. The Bertz CT molecular complexity index is 918. The number of nitrogens with zero attached hydrogens (tertiary/aromatic N) is 2. The SMILES string of the molecule is COc1ccc(N2C(=O)N[C@@](NC(=O)c3cccnc3)(C(F)(F)F)C2=O)cc1. The van der Waals surface area contributed by atoms with Crippen LogP contribution in [0.2, 0.25) is 0 Å². The van der Waals surface area contributed by atoms with Crippen LogP contribution in [0.25, 0.3) is 0 Å². The van der Waals surface area contributed by atoms with Crippen LogP contribution in [0.5, 0.6) is 5.75 Å². The molecule has 1 aliphatic rings. The van der Waals surface area contributed by atoms with Crippen molar-refractivity contribution in [2.24, 2.45) is 0 Å². The molecule has 0 saturated carbocycles. The molecule has 0 spiro atoms. The number of amides is 4. The molecule has 1 atom stereocenters. The summed E-state index contributed by atoms with van der Waals surface area (Å²) >= 11 is 0. The number of hydrogen-bond acceptors (Lipinski definition) is 5. The first-order chi connectivity index (χ1) is 13.2. The van der Waals surface area contributed by atoms with Crippen LogP contribution < -0.4 is 20.3 Å². The Balaban J connectivity index is 1.98. The number of imide groups is 1. The zero-order valence-electron chi connectivity index (χ0n) is 14.3. The van der Waals surface area contributed by atoms with Crippen molar-refractivity contribution >= 4 is 23.5 Å². The molecule has 2 aromatic rings. The van der Waals surface area contributed by atoms with Crippen molar-refractivity contribution in [1.29, 1.82) is 0 Å². The summed E-state index contributed by atoms with van der Waals surface area (Å²) in [6, 6.07) is 6.45. The van der Waals surface area contributed by atoms with E-state index in [1.165, 1.54) is 49.7 Å². The van der Waals surface area contributed by atoms with E-state index in [1.54, 1.807) is 10.6 Å². The smallest absolute Gasteiger partial charge is 0.440 e. The molecule has 3 rings (SSSR count). The Morgan fingerprint density at radius 3 is 2.43 bits per heavy atom. The maximum absolute atomic E-state index is 13.8. The molecule has 1 aromatic heterocycles. The first kappa shape index (κ1) is 19.1. The number of methoxy groups -OCH3 is 1. The van der Waals surface area contributed by atoms with E-state index in [0.29, 0.717) is 10.6 Å². The molecule has 0 unspecified atom stereocenters. The largest absolute Gasteiger partial charge is 0.497 e. The number of pyridine rings is 1. The van der Waals surface area contributed by atoms with Crippen LogP contribution in [0.15, 0.2) is 48.8 Å². The Morgan fingerprint density at radius 1 is 1.21 bits per heavy atom. The topological polar surface area (TPSA) is 101 Å². The molecule has 1 aromatic carbocycles. The van der Waals surface area contributed by atoms with E-state index >= 15 is 0 Å². The number of alkyl halides is 3. The number of carbonyl (C=O) groups excluding carboxylic acids is 3. The Labute approximate surface area is 156 Å². The van der Waals surface area contributed by atoms with Crippen LogP contribution in [-0.4, -0.2) is 41.8 Å². The van der Waals surface area contributed by atoms with E-state index in [0.717, 1.165) is 6.20 Å². The number of benzene rings is 1. The summed E-state index contributed by atoms with van der Waals surface area (Å²) in [6.07, 6.45) is -2.95. The van der Waals surface area contributed by atoms with E-state index in [1.807, 2.05) is 0 Å². The molecule has 1 aliphatic heterocycles. The van der Waals surface area contributed by atoms with Gasteiger partial charge in [0.15, 0.2) is 0 Å². The highest BCUT2D eigenvalue weighted by atomic mass is 19.4. The second-order valence-electron chi connectivity index (χ2n) is 5.71. The average molecular weight is 394 g/mol. The average Bonchev–Trinajstić information content (AvgIpc) is 2.93. The number of rotatable bonds is 4. The van der Waals surface area contributed by atoms with Crippen molar-refractivity contribution in [3.8, 4) is 5.75 Å². The van der Waals surface area contributed by atoms with E-state index in [2.05, 4.69) is 4.98 Å². The van der Waals surface area contributed by atoms with E-state index in [-0.39, 0.29) is 11.3 Å². The Hall–Kier alpha value is -3.63. The highest BCUT2D eigenvalue weighted by Gasteiger charge is 2.69. The van der Waals surface area contributed by atoms with Crippen LogP contribution in [0.1, 0.15) is 10.4 Å². The predicted molar refractivity (Wildman–Crippen MR) is 89.5 cm³/mol. The molecule has 8 nitrogen and oxygen atoms in total. The van der Waals surface area contributed by atoms with Gasteiger partial charge in [-0.3, -0.25) is 19.9 Å². The van der Waals surface area contributed by atoms with Gasteiger partial charge in [0.2, 0.25) is 0 Å². The zero-order chi connectivity index (χ0) is 20.5. The van der Waals surface area contributed by atoms with Gasteiger partial charge in [0, 0.05) is 12.4 Å². The van der Waals surface area contributed by atoms with Crippen molar-refractivity contribution < 1.29 is 32.3 Å². The molecule has 2 heterocycles. The van der Waals surface area contributed by atoms with Gasteiger partial charge in [-0.1, -0.05) is 0 Å². The minimum absolute atomic E-state index is 0.120. The number of anilines is 1. The molecule has 0 aliphatic carbocycles. The number of ether oxygens (including phenoxy) is 1. The monoisotopic (exact) mass is 394 g/mol. The molecule has 1 fully saturated rings. The normalized spacial score (nSPS) is 19.4. The fraction of sp³-hybridized carbons (Fsp3) is 0.176. The van der Waals surface area contributed by atoms with E-state index < -0.39 is 29.7 Å². The number of nitrogens with one attached hydrogen (secondary N) is 2. The highest BCUT2D eigenvalue weighted by Crippen LogP contribution is 2.36. The predicted octanol–water partition coefficient (Wildman–Crippen LogP) is 1.83. The van der Waals surface area contributed by atoms with Crippen LogP contribution in [0, 0.1) is 0 Å². The third-order valence-corrected chi connectivity index (χ3v) is 4.00. The third kappa shape index (κ3) is 3.10. The van der Waals surface area contributed by atoms with Gasteiger partial charge in [0.1, 0.15) is 5.75 Å². The van der Waals surface area contributed by atoms with Gasteiger partial charge >= 0.3 is 12.2 Å². The van der Waals surface area contributed by atoms with E-state index in [4.69, 9.17) is 4.74 Å². The van der Waals surface area contributed by atoms with Crippen molar-refractivity contribution in [2.75, 3.05) is 12.0 Å². The number of aromatic nitrogens is 1. The van der Waals surface area contributed by atoms with Crippen molar-refractivity contribution in [1.82, 2.24) is 15.6 Å². The lowest BCUT2D eigenvalue weighted by Gasteiger charge is -2.29. The lowest BCUT2D eigenvalue weighted by atomic mass is 10.1. The zero-order valence-corrected chi connectivity index (χ0v) is 14.3. The van der Waals surface area contributed by atoms with E-state index in [9.17, 15) is 27.6 Å². The minimum Gasteiger partial charge on any atom is -0.497 e. The first-order valence-corrected chi connectivity index (χ1v) is 7.79. The first-order valence-electron chi connectivity index (χ1n) is 7.79. The lowest BCUT2D eigenvalue weighted by molar-refractivity contribution is -0.197. The molecule has 2 N–H and O–H groups in total. The van der Waals surface area contributed by atoms with Crippen LogP contribution >= 0.6 is 0 Å². The number of halogens is 3. The summed E-state index contributed by atoms with van der Waals surface area (Å²) < 4.78 is 46.4. The molecule has 1 saturated heterocycles. The number of urea groups is 1. The fourth-order valence-corrected chi connectivity index (χ4v) is 2.58. The highest BCUT2D eigenvalue weighted by molar-refractivity contribution is 6.24. The molecule has 0 radical (unpaired) electrons. The van der Waals surface area contributed by atoms with Crippen LogP contribution in [0.3, 0.4) is 0 Å². The molecule has 0 bridgehead atoms. The van der Waals surface area contributed by atoms with Crippen LogP contribution in [-0.2, 0) is 4.79 Å². The fourth-order valence-electron chi connectivity index (χ4n) is 2.58. The molecule has 28 heavy (non-hydrogen) atoms. The molecule has 146 valence electrons. The summed E-state index contributed by atoms with van der Waals surface area (Å²) in [5.74, 6) is -2.54. The van der Waals surface area contributed by atoms with Gasteiger partial charge in [-0.25, -0.2) is 9.69 Å². The molecule has 4 amide bonds. The van der Waals surface area contributed by atoms with Gasteiger partial charge < -0.3 is 10.1 Å². The number of hydrogen-bond donors (Lipinski definition) is 2. The third-order valence-electron chi connectivity index (χ3n) is 4.00. The van der Waals surface area contributed by atoms with Gasteiger partial charge in [0.05, 0.1) is 18.4 Å². The molecular weight excluding hydrogens is 381 g/mol. The Kier molecular flexibility index (Phi) is 4.67. The van der Waals surface area contributed by atoms with Crippen molar-refractivity contribution in [2.45, 2.75) is 11.8 Å². The molecular formula is C17H13F3N4O4. The summed E-state index contributed by atoms with van der Waals surface area (Å²) in [5, 5.41) is 3.16. The second kappa shape index (κ2) is 6.83. The summed E-state index contributed by atoms with van der Waals surface area (Å²) in [4.78, 5) is 41.1. The van der Waals surface area contributed by atoms with Crippen LogP contribution in [0.4, 0.5) is 23.7 Å². The summed E-state index contributed by atoms with van der Waals surface area (Å²) in [5.41, 5.74) is -3.95. The second-order valence-corrected chi connectivity index (χ2v) is 5.71. The Morgan fingerprint density at radius 2 is 1.89 bits per heavy atom. The maximum Gasteiger partial charge on any atom is 0.440 e. The summed E-state index contributed by atoms with van der Waals surface area (Å²) in [7, 11) is 1.38. The maximum atomic E-state index is 13.8. The molecule has 11 heteroatoms. The summed E-state index contributed by atoms with van der Waals surface area (Å²) in [6.45, 7) is 0. The van der Waals surface area contributed by atoms with Gasteiger partial charge in [-0.15, -0.1) is 0 Å². The lowest BCUT2D eigenvalue weighted by Crippen LogP contribution is -2.69.